The van der Waals surface area contributed by atoms with Gasteiger partial charge in [0.1, 0.15) is 0 Å². The molecule has 5 heteroatoms. The van der Waals surface area contributed by atoms with Crippen LogP contribution in [0.2, 0.25) is 0 Å². The Morgan fingerprint density at radius 1 is 0.417 bits per heavy atom. The molecule has 0 radical (unpaired) electrons. The number of carbonyl (C=O) groups excluding carboxylic acids is 1. The van der Waals surface area contributed by atoms with Crippen LogP contribution in [0.5, 0.6) is 0 Å². The van der Waals surface area contributed by atoms with Gasteiger partial charge in [-0.3, -0.25) is 4.79 Å². The van der Waals surface area contributed by atoms with Crippen LogP contribution in [0.3, 0.4) is 0 Å². The Kier molecular flexibility index (Phi) is 6.35. The van der Waals surface area contributed by atoms with Crippen LogP contribution >= 0.6 is 31.9 Å². The summed E-state index contributed by atoms with van der Waals surface area (Å²) >= 11 is 7.83. The smallest absolute Gasteiger partial charge is 0.194 e. The second-order valence-electron chi connectivity index (χ2n) is 14.0. The van der Waals surface area contributed by atoms with Crippen molar-refractivity contribution >= 4 is 71.8 Å². The van der Waals surface area contributed by atoms with Gasteiger partial charge in [0.25, 0.3) is 0 Å². The molecule has 9 rings (SSSR count). The van der Waals surface area contributed by atoms with E-state index < -0.39 is 0 Å². The van der Waals surface area contributed by atoms with Gasteiger partial charge in [-0.25, -0.2) is 0 Å². The van der Waals surface area contributed by atoms with Gasteiger partial charge in [0, 0.05) is 30.9 Å². The molecule has 2 heterocycles. The highest BCUT2D eigenvalue weighted by atomic mass is 79.9. The van der Waals surface area contributed by atoms with Crippen LogP contribution in [0.25, 0.3) is 11.1 Å². The van der Waals surface area contributed by atoms with Gasteiger partial charge < -0.3 is 9.80 Å². The van der Waals surface area contributed by atoms with Gasteiger partial charge >= 0.3 is 0 Å². The molecule has 3 aliphatic rings. The molecule has 0 spiro atoms. The Hall–Kier alpha value is -4.45. The average molecular weight is 753 g/mol. The SMILES string of the molecule is CC1(C)c2ccccc2N(c2cc3c(cc2Br)C(=O)c2cc(Br)c(N4c5ccccc5C(C)(C)c5ccccc54)cc2-3)c2ccccc21. The molecular formula is C43H32Br2N2O. The lowest BCUT2D eigenvalue weighted by Crippen LogP contribution is -2.30. The number of ketones is 1. The highest BCUT2D eigenvalue weighted by Crippen LogP contribution is 2.57. The quantitative estimate of drug-likeness (QED) is 0.176. The predicted octanol–water partition coefficient (Wildman–Crippen LogP) is 12.6. The maximum absolute atomic E-state index is 14.1. The topological polar surface area (TPSA) is 23.6 Å². The van der Waals surface area contributed by atoms with Crippen LogP contribution in [0.15, 0.2) is 130 Å². The van der Waals surface area contributed by atoms with Crippen LogP contribution in [0.1, 0.15) is 65.9 Å². The van der Waals surface area contributed by atoms with Gasteiger partial charge in [-0.2, -0.15) is 0 Å². The van der Waals surface area contributed by atoms with E-state index in [1.807, 2.05) is 12.1 Å². The molecule has 0 bridgehead atoms. The number of fused-ring (bicyclic) bond motifs is 7. The minimum Gasteiger partial charge on any atom is -0.309 e. The van der Waals surface area contributed by atoms with E-state index in [0.29, 0.717) is 11.1 Å². The fourth-order valence-electron chi connectivity index (χ4n) is 8.29. The number of rotatable bonds is 2. The molecule has 0 aromatic heterocycles. The van der Waals surface area contributed by atoms with Gasteiger partial charge in [0.15, 0.2) is 5.78 Å². The average Bonchev–Trinajstić information content (AvgIpc) is 3.34. The third kappa shape index (κ3) is 3.95. The Morgan fingerprint density at radius 2 is 0.708 bits per heavy atom. The fourth-order valence-corrected chi connectivity index (χ4v) is 9.33. The Bertz CT molecular complexity index is 2110. The van der Waals surface area contributed by atoms with Gasteiger partial charge in [0.05, 0.1) is 34.1 Å². The summed E-state index contributed by atoms with van der Waals surface area (Å²) in [6, 6.07) is 43.1. The van der Waals surface area contributed by atoms with Crippen molar-refractivity contribution in [3.8, 4) is 11.1 Å². The van der Waals surface area contributed by atoms with Crippen molar-refractivity contribution in [1.29, 1.82) is 0 Å². The Morgan fingerprint density at radius 3 is 1.02 bits per heavy atom. The summed E-state index contributed by atoms with van der Waals surface area (Å²) in [5, 5.41) is 0. The van der Waals surface area contributed by atoms with E-state index in [0.717, 1.165) is 54.2 Å². The van der Waals surface area contributed by atoms with Crippen molar-refractivity contribution < 1.29 is 4.79 Å². The molecule has 6 aromatic carbocycles. The third-order valence-corrected chi connectivity index (χ3v) is 12.0. The first-order chi connectivity index (χ1) is 23.1. The molecule has 0 unspecified atom stereocenters. The monoisotopic (exact) mass is 750 g/mol. The second-order valence-corrected chi connectivity index (χ2v) is 15.7. The van der Waals surface area contributed by atoms with Crippen molar-refractivity contribution in [2.24, 2.45) is 0 Å². The number of halogens is 2. The maximum Gasteiger partial charge on any atom is 0.194 e. The number of benzene rings is 6. The molecule has 0 amide bonds. The molecule has 234 valence electrons. The van der Waals surface area contributed by atoms with Crippen molar-refractivity contribution in [1.82, 2.24) is 0 Å². The van der Waals surface area contributed by atoms with E-state index >= 15 is 0 Å². The molecule has 2 aliphatic heterocycles. The van der Waals surface area contributed by atoms with E-state index in [1.54, 1.807) is 0 Å². The van der Waals surface area contributed by atoms with Crippen LogP contribution < -0.4 is 9.80 Å². The van der Waals surface area contributed by atoms with E-state index in [2.05, 4.69) is 179 Å². The molecule has 0 atom stereocenters. The van der Waals surface area contributed by atoms with Crippen LogP contribution in [0.4, 0.5) is 34.1 Å². The van der Waals surface area contributed by atoms with Gasteiger partial charge in [-0.15, -0.1) is 0 Å². The molecule has 1 aliphatic carbocycles. The molecule has 6 aromatic rings. The minimum atomic E-state index is -0.160. The standard InChI is InChI=1S/C43H32Br2N2O/c1-42(2)29-13-5-9-17-35(29)46(36-18-10-6-14-30(36)42)39-23-25-26-24-40(34(45)22-28(26)41(48)27(25)21-33(39)44)47-37-19-11-7-15-31(37)43(3,4)32-16-8-12-20-38(32)47/h5-24H,1-4H3. The first-order valence-corrected chi connectivity index (χ1v) is 17.9. The number of hydrogen-bond donors (Lipinski definition) is 0. The lowest BCUT2D eigenvalue weighted by atomic mass is 9.73. The summed E-state index contributed by atoms with van der Waals surface area (Å²) in [7, 11) is 0. The molecule has 48 heavy (non-hydrogen) atoms. The van der Waals surface area contributed by atoms with Crippen molar-refractivity contribution in [2.75, 3.05) is 9.80 Å². The van der Waals surface area contributed by atoms with Crippen molar-refractivity contribution in [3.05, 3.63) is 164 Å². The molecule has 0 saturated carbocycles. The zero-order valence-electron chi connectivity index (χ0n) is 27.1. The molecular weight excluding hydrogens is 720 g/mol. The van der Waals surface area contributed by atoms with Crippen molar-refractivity contribution in [3.63, 3.8) is 0 Å². The predicted molar refractivity (Wildman–Crippen MR) is 204 cm³/mol. The van der Waals surface area contributed by atoms with Crippen LogP contribution in [-0.4, -0.2) is 5.78 Å². The molecule has 0 N–H and O–H groups in total. The van der Waals surface area contributed by atoms with Gasteiger partial charge in [-0.1, -0.05) is 100 Å². The van der Waals surface area contributed by atoms with E-state index in [1.165, 1.54) is 22.3 Å². The van der Waals surface area contributed by atoms with E-state index in [9.17, 15) is 4.79 Å². The number of anilines is 6. The van der Waals surface area contributed by atoms with E-state index in [-0.39, 0.29) is 16.6 Å². The highest BCUT2D eigenvalue weighted by molar-refractivity contribution is 9.11. The largest absolute Gasteiger partial charge is 0.309 e. The lowest BCUT2D eigenvalue weighted by molar-refractivity contribution is 0.104. The minimum absolute atomic E-state index is 0.0423. The number of carbonyl (C=O) groups is 1. The maximum atomic E-state index is 14.1. The molecule has 0 saturated heterocycles. The van der Waals surface area contributed by atoms with Crippen molar-refractivity contribution in [2.45, 2.75) is 38.5 Å². The number of hydrogen-bond acceptors (Lipinski definition) is 3. The normalized spacial score (nSPS) is 16.0. The summed E-state index contributed by atoms with van der Waals surface area (Å²) in [6.07, 6.45) is 0. The molecule has 0 fully saturated rings. The number of para-hydroxylation sites is 4. The van der Waals surface area contributed by atoms with Crippen LogP contribution in [-0.2, 0) is 10.8 Å². The zero-order valence-corrected chi connectivity index (χ0v) is 30.3. The highest BCUT2D eigenvalue weighted by Gasteiger charge is 2.40. The zero-order chi connectivity index (χ0) is 33.1. The second kappa shape index (κ2) is 10.3. The first-order valence-electron chi connectivity index (χ1n) is 16.3. The number of nitrogens with zero attached hydrogens (tertiary/aromatic N) is 2. The summed E-state index contributed by atoms with van der Waals surface area (Å²) in [6.45, 7) is 9.19. The summed E-state index contributed by atoms with van der Waals surface area (Å²) in [4.78, 5) is 18.8. The van der Waals surface area contributed by atoms with Crippen LogP contribution in [0, 0.1) is 0 Å². The molecule has 3 nitrogen and oxygen atoms in total. The van der Waals surface area contributed by atoms with Gasteiger partial charge in [0.2, 0.25) is 0 Å². The lowest BCUT2D eigenvalue weighted by Gasteiger charge is -2.42. The summed E-state index contributed by atoms with van der Waals surface area (Å²) in [5.41, 5.74) is 14.7. The fraction of sp³-hybridized carbons (Fsp3) is 0.140. The first kappa shape index (κ1) is 29.7. The van der Waals surface area contributed by atoms with E-state index in [4.69, 9.17) is 0 Å². The summed E-state index contributed by atoms with van der Waals surface area (Å²) < 4.78 is 1.76. The summed E-state index contributed by atoms with van der Waals surface area (Å²) in [5.74, 6) is 0.0423. The van der Waals surface area contributed by atoms with Gasteiger partial charge in [-0.05, 0) is 114 Å². The Labute approximate surface area is 298 Å². The Balaban J connectivity index is 1.26. The third-order valence-electron chi connectivity index (χ3n) is 10.7.